The number of aromatic nitrogens is 2. The summed E-state index contributed by atoms with van der Waals surface area (Å²) in [6.07, 6.45) is 0. The van der Waals surface area contributed by atoms with Crippen molar-refractivity contribution in [1.82, 2.24) is 9.78 Å². The summed E-state index contributed by atoms with van der Waals surface area (Å²) in [6, 6.07) is 4.13. The molecule has 0 radical (unpaired) electrons. The van der Waals surface area contributed by atoms with Gasteiger partial charge in [-0.15, -0.1) is 0 Å². The van der Waals surface area contributed by atoms with E-state index in [9.17, 15) is 14.9 Å². The van der Waals surface area contributed by atoms with Crippen LogP contribution in [0.1, 0.15) is 24.4 Å². The van der Waals surface area contributed by atoms with Crippen molar-refractivity contribution in [1.29, 1.82) is 0 Å². The van der Waals surface area contributed by atoms with Crippen molar-refractivity contribution in [2.45, 2.75) is 26.8 Å². The molecule has 0 fully saturated rings. The van der Waals surface area contributed by atoms with Crippen LogP contribution in [0.4, 0.5) is 11.4 Å². The van der Waals surface area contributed by atoms with Gasteiger partial charge < -0.3 is 10.1 Å². The van der Waals surface area contributed by atoms with Crippen LogP contribution in [0, 0.1) is 24.0 Å². The van der Waals surface area contributed by atoms with Crippen molar-refractivity contribution in [2.75, 3.05) is 12.4 Å². The Morgan fingerprint density at radius 2 is 2.12 bits per heavy atom. The van der Waals surface area contributed by atoms with Crippen LogP contribution < -0.4 is 10.1 Å². The second kappa shape index (κ2) is 6.88. The molecule has 0 bridgehead atoms. The number of anilines is 1. The van der Waals surface area contributed by atoms with E-state index >= 15 is 0 Å². The van der Waals surface area contributed by atoms with Gasteiger partial charge in [0.2, 0.25) is 5.91 Å². The lowest BCUT2D eigenvalue weighted by atomic mass is 10.2. The Morgan fingerprint density at radius 1 is 1.46 bits per heavy atom. The molecule has 128 valence electrons. The van der Waals surface area contributed by atoms with Gasteiger partial charge in [0, 0.05) is 5.69 Å². The average molecular weight is 353 g/mol. The second-order valence-electron chi connectivity index (χ2n) is 5.24. The number of nitrogens with one attached hydrogen (secondary N) is 1. The maximum absolute atomic E-state index is 12.4. The molecule has 0 spiro atoms. The highest BCUT2D eigenvalue weighted by molar-refractivity contribution is 6.32. The normalized spacial score (nSPS) is 11.9. The number of nitro groups is 1. The quantitative estimate of drug-likeness (QED) is 0.657. The van der Waals surface area contributed by atoms with Gasteiger partial charge >= 0.3 is 5.69 Å². The lowest BCUT2D eigenvalue weighted by Crippen LogP contribution is -2.25. The zero-order valence-corrected chi connectivity index (χ0v) is 14.4. The van der Waals surface area contributed by atoms with Crippen LogP contribution in [0.3, 0.4) is 0 Å². The molecule has 0 aliphatic rings. The molecule has 8 nitrogen and oxygen atoms in total. The summed E-state index contributed by atoms with van der Waals surface area (Å²) >= 11 is 6.02. The van der Waals surface area contributed by atoms with Crippen LogP contribution in [0.25, 0.3) is 0 Å². The molecule has 0 saturated carbocycles. The highest BCUT2D eigenvalue weighted by Crippen LogP contribution is 2.28. The van der Waals surface area contributed by atoms with E-state index in [2.05, 4.69) is 10.4 Å². The first-order valence-corrected chi connectivity index (χ1v) is 7.48. The van der Waals surface area contributed by atoms with Gasteiger partial charge in [0.05, 0.1) is 17.1 Å². The number of nitrogens with zero attached hydrogens (tertiary/aromatic N) is 3. The predicted octanol–water partition coefficient (Wildman–Crippen LogP) is 3.27. The van der Waals surface area contributed by atoms with Gasteiger partial charge in [-0.25, -0.2) is 0 Å². The van der Waals surface area contributed by atoms with Crippen LogP contribution in [0.15, 0.2) is 18.2 Å². The average Bonchev–Trinajstić information content (AvgIpc) is 2.81. The molecule has 2 rings (SSSR count). The Balaban J connectivity index is 2.23. The fourth-order valence-electron chi connectivity index (χ4n) is 2.40. The van der Waals surface area contributed by atoms with Crippen molar-refractivity contribution in [3.8, 4) is 5.75 Å². The lowest BCUT2D eigenvalue weighted by Gasteiger charge is -2.14. The lowest BCUT2D eigenvalue weighted by molar-refractivity contribution is -0.386. The number of rotatable bonds is 5. The number of ether oxygens (including phenoxy) is 1. The topological polar surface area (TPSA) is 99.3 Å². The molecule has 1 aromatic heterocycles. The number of methoxy groups -OCH3 is 1. The summed E-state index contributed by atoms with van der Waals surface area (Å²) in [4.78, 5) is 23.0. The number of hydrogen-bond acceptors (Lipinski definition) is 5. The summed E-state index contributed by atoms with van der Waals surface area (Å²) in [5, 5.41) is 18.2. The summed E-state index contributed by atoms with van der Waals surface area (Å²) < 4.78 is 6.39. The minimum absolute atomic E-state index is 0.0814. The summed E-state index contributed by atoms with van der Waals surface area (Å²) in [7, 11) is 1.50. The third kappa shape index (κ3) is 3.33. The fraction of sp³-hybridized carbons (Fsp3) is 0.333. The third-order valence-electron chi connectivity index (χ3n) is 3.63. The summed E-state index contributed by atoms with van der Waals surface area (Å²) in [5.74, 6) is 0.133. The van der Waals surface area contributed by atoms with E-state index in [0.29, 0.717) is 22.2 Å². The first kappa shape index (κ1) is 17.7. The number of halogens is 1. The number of benzene rings is 1. The third-order valence-corrected chi connectivity index (χ3v) is 3.93. The fourth-order valence-corrected chi connectivity index (χ4v) is 2.66. The van der Waals surface area contributed by atoms with Gasteiger partial charge in [0.25, 0.3) is 0 Å². The van der Waals surface area contributed by atoms with E-state index in [1.54, 1.807) is 32.0 Å². The van der Waals surface area contributed by atoms with Crippen LogP contribution in [-0.2, 0) is 4.79 Å². The Hall–Kier alpha value is -2.61. The van der Waals surface area contributed by atoms with Gasteiger partial charge in [0.1, 0.15) is 23.2 Å². The highest BCUT2D eigenvalue weighted by atomic mass is 35.5. The largest absolute Gasteiger partial charge is 0.495 e. The standard InChI is InChI=1S/C15H17ClN4O4/c1-8-14(20(22)23)9(2)19(18-8)10(3)15(21)17-11-5-6-13(24-4)12(16)7-11/h5-7,10H,1-4H3,(H,17,21). The summed E-state index contributed by atoms with van der Waals surface area (Å²) in [5.41, 5.74) is 1.01. The number of carbonyl (C=O) groups excluding carboxylic acids is 1. The van der Waals surface area contributed by atoms with E-state index in [1.807, 2.05) is 0 Å². The van der Waals surface area contributed by atoms with Crippen LogP contribution in [-0.4, -0.2) is 27.7 Å². The number of amides is 1. The molecule has 2 aromatic rings. The number of carbonyl (C=O) groups is 1. The molecule has 24 heavy (non-hydrogen) atoms. The van der Waals surface area contributed by atoms with Gasteiger partial charge in [-0.2, -0.15) is 5.10 Å². The van der Waals surface area contributed by atoms with Gasteiger partial charge in [-0.3, -0.25) is 19.6 Å². The molecule has 1 heterocycles. The zero-order chi connectivity index (χ0) is 18.0. The summed E-state index contributed by atoms with van der Waals surface area (Å²) in [6.45, 7) is 4.71. The van der Waals surface area contributed by atoms with Crippen molar-refractivity contribution < 1.29 is 14.5 Å². The molecular formula is C15H17ClN4O4. The van der Waals surface area contributed by atoms with E-state index in [0.717, 1.165) is 0 Å². The van der Waals surface area contributed by atoms with Crippen LogP contribution in [0.5, 0.6) is 5.75 Å². The van der Waals surface area contributed by atoms with E-state index < -0.39 is 11.0 Å². The van der Waals surface area contributed by atoms with Gasteiger partial charge in [0.15, 0.2) is 0 Å². The van der Waals surface area contributed by atoms with Crippen LogP contribution >= 0.6 is 11.6 Å². The number of aryl methyl sites for hydroxylation is 1. The molecule has 0 saturated heterocycles. The maximum Gasteiger partial charge on any atom is 0.312 e. The van der Waals surface area contributed by atoms with Crippen LogP contribution in [0.2, 0.25) is 5.02 Å². The molecule has 1 N–H and O–H groups in total. The molecule has 1 atom stereocenters. The van der Waals surface area contributed by atoms with Crippen molar-refractivity contribution in [2.24, 2.45) is 0 Å². The first-order chi connectivity index (χ1) is 11.3. The monoisotopic (exact) mass is 352 g/mol. The molecular weight excluding hydrogens is 336 g/mol. The predicted molar refractivity (Wildman–Crippen MR) is 89.7 cm³/mol. The van der Waals surface area contributed by atoms with E-state index in [4.69, 9.17) is 16.3 Å². The Labute approximate surface area is 143 Å². The molecule has 1 aromatic carbocycles. The highest BCUT2D eigenvalue weighted by Gasteiger charge is 2.27. The molecule has 9 heteroatoms. The number of hydrogen-bond donors (Lipinski definition) is 1. The smallest absolute Gasteiger partial charge is 0.312 e. The van der Waals surface area contributed by atoms with Gasteiger partial charge in [-0.05, 0) is 39.0 Å². The molecule has 1 amide bonds. The molecule has 0 aliphatic carbocycles. The van der Waals surface area contributed by atoms with Crippen molar-refractivity contribution >= 4 is 28.9 Å². The SMILES string of the molecule is COc1ccc(NC(=O)C(C)n2nc(C)c([N+](=O)[O-])c2C)cc1Cl. The second-order valence-corrected chi connectivity index (χ2v) is 5.64. The Morgan fingerprint density at radius 3 is 2.62 bits per heavy atom. The minimum atomic E-state index is -0.724. The molecule has 0 aliphatic heterocycles. The van der Waals surface area contributed by atoms with Gasteiger partial charge in [-0.1, -0.05) is 11.6 Å². The minimum Gasteiger partial charge on any atom is -0.495 e. The van der Waals surface area contributed by atoms with Crippen molar-refractivity contribution in [3.63, 3.8) is 0 Å². The molecule has 1 unspecified atom stereocenters. The Kier molecular flexibility index (Phi) is 5.08. The first-order valence-electron chi connectivity index (χ1n) is 7.10. The maximum atomic E-state index is 12.4. The Bertz CT molecular complexity index is 803. The van der Waals surface area contributed by atoms with E-state index in [1.165, 1.54) is 18.7 Å². The van der Waals surface area contributed by atoms with E-state index in [-0.39, 0.29) is 17.3 Å². The van der Waals surface area contributed by atoms with Crippen molar-refractivity contribution in [3.05, 3.63) is 44.7 Å². The zero-order valence-electron chi connectivity index (χ0n) is 13.7.